The van der Waals surface area contributed by atoms with E-state index in [1.165, 1.54) is 30.3 Å². The summed E-state index contributed by atoms with van der Waals surface area (Å²) in [6, 6.07) is 17.5. The number of carbonyl (C=O) groups excluding carboxylic acids is 3. The Kier molecular flexibility index (Phi) is 7.79. The summed E-state index contributed by atoms with van der Waals surface area (Å²) in [6.07, 6.45) is -3.82. The average Bonchev–Trinajstić information content (AvgIpc) is 2.80. The predicted octanol–water partition coefficient (Wildman–Crippen LogP) is 4.81. The molecule has 0 saturated heterocycles. The number of nitrogens with one attached hydrogen (secondary N) is 3. The van der Waals surface area contributed by atoms with Gasteiger partial charge in [-0.2, -0.15) is 18.3 Å². The molecule has 0 aliphatic heterocycles. The molecule has 0 aliphatic carbocycles. The summed E-state index contributed by atoms with van der Waals surface area (Å²) in [4.78, 5) is 36.9. The van der Waals surface area contributed by atoms with Gasteiger partial charge in [0.2, 0.25) is 0 Å². The third-order valence-corrected chi connectivity index (χ3v) is 4.89. The molecule has 34 heavy (non-hydrogen) atoms. The van der Waals surface area contributed by atoms with E-state index >= 15 is 0 Å². The van der Waals surface area contributed by atoms with E-state index in [2.05, 4.69) is 31.7 Å². The Balaban J connectivity index is 1.66. The minimum Gasteiger partial charge on any atom is -0.322 e. The summed E-state index contributed by atoms with van der Waals surface area (Å²) in [6.45, 7) is 0. The van der Waals surface area contributed by atoms with Gasteiger partial charge in [0, 0.05) is 15.7 Å². The van der Waals surface area contributed by atoms with Crippen LogP contribution in [0.15, 0.2) is 82.4 Å². The summed E-state index contributed by atoms with van der Waals surface area (Å²) in [5.41, 5.74) is 1.31. The van der Waals surface area contributed by atoms with Crippen molar-refractivity contribution in [2.45, 2.75) is 6.18 Å². The van der Waals surface area contributed by atoms with E-state index in [9.17, 15) is 27.6 Å². The Morgan fingerprint density at radius 2 is 1.47 bits per heavy atom. The van der Waals surface area contributed by atoms with Crippen LogP contribution in [0.3, 0.4) is 0 Å². The van der Waals surface area contributed by atoms with E-state index in [1.807, 2.05) is 5.43 Å². The first-order valence-corrected chi connectivity index (χ1v) is 10.4. The van der Waals surface area contributed by atoms with Crippen molar-refractivity contribution < 1.29 is 27.6 Å². The van der Waals surface area contributed by atoms with Crippen molar-refractivity contribution in [3.8, 4) is 0 Å². The highest BCUT2D eigenvalue weighted by Gasteiger charge is 2.32. The quantitative estimate of drug-likeness (QED) is 0.250. The summed E-state index contributed by atoms with van der Waals surface area (Å²) >= 11 is 3.29. The Morgan fingerprint density at radius 1 is 0.824 bits per heavy atom. The van der Waals surface area contributed by atoms with Gasteiger partial charge < -0.3 is 10.6 Å². The van der Waals surface area contributed by atoms with Crippen LogP contribution >= 0.6 is 15.9 Å². The van der Waals surface area contributed by atoms with E-state index in [0.717, 1.165) is 16.8 Å². The lowest BCUT2D eigenvalue weighted by atomic mass is 10.1. The van der Waals surface area contributed by atoms with Gasteiger partial charge in [-0.25, -0.2) is 5.43 Å². The molecule has 0 radical (unpaired) electrons. The lowest BCUT2D eigenvalue weighted by molar-refractivity contribution is -0.137. The van der Waals surface area contributed by atoms with E-state index in [0.29, 0.717) is 5.69 Å². The number of hydrogen-bond acceptors (Lipinski definition) is 4. The molecule has 0 atom stereocenters. The molecule has 3 N–H and O–H groups in total. The van der Waals surface area contributed by atoms with E-state index < -0.39 is 29.5 Å². The number of para-hydroxylation sites is 1. The lowest BCUT2D eigenvalue weighted by Gasteiger charge is -2.11. The SMILES string of the molecule is O=C(NN=Cc1ccccc1C(F)(F)F)C(=O)Nc1ccccc1C(=O)Nc1ccc(Br)cc1. The number of nitrogens with zero attached hydrogens (tertiary/aromatic N) is 1. The number of amides is 3. The zero-order chi connectivity index (χ0) is 24.7. The van der Waals surface area contributed by atoms with Gasteiger partial charge in [0.15, 0.2) is 0 Å². The summed E-state index contributed by atoms with van der Waals surface area (Å²) < 4.78 is 39.9. The summed E-state index contributed by atoms with van der Waals surface area (Å²) in [5, 5.41) is 8.40. The number of benzene rings is 3. The number of carbonyl (C=O) groups is 3. The van der Waals surface area contributed by atoms with Crippen LogP contribution in [0.2, 0.25) is 0 Å². The van der Waals surface area contributed by atoms with Gasteiger partial charge in [-0.05, 0) is 42.5 Å². The molecule has 3 amide bonds. The fourth-order valence-electron chi connectivity index (χ4n) is 2.78. The van der Waals surface area contributed by atoms with Gasteiger partial charge in [-0.3, -0.25) is 14.4 Å². The largest absolute Gasteiger partial charge is 0.417 e. The van der Waals surface area contributed by atoms with Crippen molar-refractivity contribution in [1.29, 1.82) is 0 Å². The van der Waals surface area contributed by atoms with Crippen LogP contribution in [-0.2, 0) is 15.8 Å². The van der Waals surface area contributed by atoms with Crippen LogP contribution in [0, 0.1) is 0 Å². The van der Waals surface area contributed by atoms with Crippen molar-refractivity contribution in [2.75, 3.05) is 10.6 Å². The van der Waals surface area contributed by atoms with E-state index in [1.54, 1.807) is 36.4 Å². The lowest BCUT2D eigenvalue weighted by Crippen LogP contribution is -2.33. The van der Waals surface area contributed by atoms with Crippen LogP contribution in [0.5, 0.6) is 0 Å². The molecule has 0 unspecified atom stereocenters. The molecule has 0 fully saturated rings. The minimum absolute atomic E-state index is 0.0589. The van der Waals surface area contributed by atoms with Gasteiger partial charge in [0.05, 0.1) is 23.0 Å². The van der Waals surface area contributed by atoms with Crippen molar-refractivity contribution in [1.82, 2.24) is 5.43 Å². The monoisotopic (exact) mass is 532 g/mol. The van der Waals surface area contributed by atoms with Crippen LogP contribution < -0.4 is 16.1 Å². The summed E-state index contributed by atoms with van der Waals surface area (Å²) in [7, 11) is 0. The molecule has 3 aromatic rings. The number of halogens is 4. The second-order valence-electron chi connectivity index (χ2n) is 6.74. The maximum absolute atomic E-state index is 13.0. The molecule has 174 valence electrons. The molecule has 11 heteroatoms. The van der Waals surface area contributed by atoms with Crippen molar-refractivity contribution in [2.24, 2.45) is 5.10 Å². The molecular weight excluding hydrogens is 517 g/mol. The van der Waals surface area contributed by atoms with Gasteiger partial charge in [-0.1, -0.05) is 46.3 Å². The summed E-state index contributed by atoms with van der Waals surface area (Å²) in [5.74, 6) is -2.92. The number of anilines is 2. The van der Waals surface area contributed by atoms with Crippen molar-refractivity contribution in [3.63, 3.8) is 0 Å². The van der Waals surface area contributed by atoms with Crippen LogP contribution in [-0.4, -0.2) is 23.9 Å². The van der Waals surface area contributed by atoms with Gasteiger partial charge in [0.25, 0.3) is 5.91 Å². The molecule has 0 aliphatic rings. The fraction of sp³-hybridized carbons (Fsp3) is 0.0435. The number of alkyl halides is 3. The standard InChI is InChI=1S/C23H16BrF3N4O3/c24-15-9-11-16(12-10-15)29-20(32)17-6-2-4-8-19(17)30-21(33)22(34)31-28-13-14-5-1-3-7-18(14)23(25,26)27/h1-13H,(H,29,32)(H,30,33)(H,31,34). The van der Waals surface area contributed by atoms with Gasteiger partial charge in [-0.15, -0.1) is 0 Å². The molecular formula is C23H16BrF3N4O3. The smallest absolute Gasteiger partial charge is 0.322 e. The Morgan fingerprint density at radius 3 is 2.18 bits per heavy atom. The molecule has 0 spiro atoms. The molecule has 0 bridgehead atoms. The van der Waals surface area contributed by atoms with Crippen LogP contribution in [0.1, 0.15) is 21.5 Å². The highest BCUT2D eigenvalue weighted by Crippen LogP contribution is 2.31. The maximum Gasteiger partial charge on any atom is 0.417 e. The fourth-order valence-corrected chi connectivity index (χ4v) is 3.04. The topological polar surface area (TPSA) is 99.7 Å². The molecule has 0 saturated carbocycles. The number of rotatable bonds is 5. The predicted molar refractivity (Wildman–Crippen MR) is 124 cm³/mol. The highest BCUT2D eigenvalue weighted by atomic mass is 79.9. The molecule has 7 nitrogen and oxygen atoms in total. The molecule has 3 aromatic carbocycles. The van der Waals surface area contributed by atoms with Crippen molar-refractivity contribution >= 4 is 51.2 Å². The number of hydrazone groups is 1. The second kappa shape index (κ2) is 10.8. The zero-order valence-electron chi connectivity index (χ0n) is 17.2. The normalized spacial score (nSPS) is 11.2. The third-order valence-electron chi connectivity index (χ3n) is 4.36. The van der Waals surface area contributed by atoms with Crippen LogP contribution in [0.4, 0.5) is 24.5 Å². The van der Waals surface area contributed by atoms with E-state index in [-0.39, 0.29) is 16.8 Å². The average molecular weight is 533 g/mol. The highest BCUT2D eigenvalue weighted by molar-refractivity contribution is 9.10. The Bertz CT molecular complexity index is 1240. The second-order valence-corrected chi connectivity index (χ2v) is 7.66. The Hall–Kier alpha value is -3.99. The first-order valence-electron chi connectivity index (χ1n) is 9.61. The maximum atomic E-state index is 13.0. The first-order chi connectivity index (χ1) is 16.1. The zero-order valence-corrected chi connectivity index (χ0v) is 18.8. The van der Waals surface area contributed by atoms with E-state index in [4.69, 9.17) is 0 Å². The van der Waals surface area contributed by atoms with Gasteiger partial charge in [0.1, 0.15) is 0 Å². The molecule has 0 aromatic heterocycles. The van der Waals surface area contributed by atoms with Gasteiger partial charge >= 0.3 is 18.0 Å². The molecule has 0 heterocycles. The third kappa shape index (κ3) is 6.51. The minimum atomic E-state index is -4.61. The number of hydrogen-bond donors (Lipinski definition) is 3. The molecule has 3 rings (SSSR count). The van der Waals surface area contributed by atoms with Crippen molar-refractivity contribution in [3.05, 3.63) is 94.0 Å². The Labute approximate surface area is 200 Å². The van der Waals surface area contributed by atoms with Crippen LogP contribution in [0.25, 0.3) is 0 Å². The first kappa shape index (κ1) is 24.6.